The molecule has 0 aliphatic heterocycles. The van der Waals surface area contributed by atoms with Gasteiger partial charge in [0, 0.05) is 12.2 Å². The summed E-state index contributed by atoms with van der Waals surface area (Å²) in [4.78, 5) is 11.9. The van der Waals surface area contributed by atoms with Gasteiger partial charge < -0.3 is 10.6 Å². The highest BCUT2D eigenvalue weighted by Crippen LogP contribution is 2.19. The number of carbonyl (C=O) groups excluding carboxylic acids is 1. The molecule has 1 amide bonds. The second-order valence-corrected chi connectivity index (χ2v) is 5.56. The lowest BCUT2D eigenvalue weighted by Crippen LogP contribution is -2.38. The first-order valence-corrected chi connectivity index (χ1v) is 7.34. The lowest BCUT2D eigenvalue weighted by Gasteiger charge is -2.13. The molecule has 0 bridgehead atoms. The Bertz CT molecular complexity index is 604. The van der Waals surface area contributed by atoms with Crippen molar-refractivity contribution in [2.75, 3.05) is 5.32 Å². The van der Waals surface area contributed by atoms with Crippen molar-refractivity contribution in [2.45, 2.75) is 38.4 Å². The van der Waals surface area contributed by atoms with E-state index in [-0.39, 0.29) is 11.9 Å². The molecule has 2 aromatic rings. The lowest BCUT2D eigenvalue weighted by molar-refractivity contribution is -0.121. The van der Waals surface area contributed by atoms with Crippen molar-refractivity contribution >= 4 is 11.6 Å². The lowest BCUT2D eigenvalue weighted by atomic mass is 10.2. The van der Waals surface area contributed by atoms with Crippen molar-refractivity contribution in [1.29, 1.82) is 0 Å². The van der Waals surface area contributed by atoms with Gasteiger partial charge in [0.25, 0.3) is 0 Å². The van der Waals surface area contributed by atoms with Gasteiger partial charge in [-0.25, -0.2) is 0 Å². The molecule has 1 atom stereocenters. The fourth-order valence-corrected chi connectivity index (χ4v) is 2.16. The molecule has 1 aliphatic rings. The minimum absolute atomic E-state index is 0.0494. The molecule has 5 nitrogen and oxygen atoms in total. The van der Waals surface area contributed by atoms with Gasteiger partial charge in [-0.05, 0) is 25.3 Å². The van der Waals surface area contributed by atoms with Gasteiger partial charge >= 0.3 is 0 Å². The highest BCUT2D eigenvalue weighted by Gasteiger charge is 2.25. The van der Waals surface area contributed by atoms with Crippen LogP contribution in [0.2, 0.25) is 0 Å². The molecule has 0 spiro atoms. The number of aromatic nitrogens is 2. The molecule has 0 radical (unpaired) electrons. The van der Waals surface area contributed by atoms with Crippen molar-refractivity contribution in [3.8, 4) is 0 Å². The number of hydrogen-bond donors (Lipinski definition) is 2. The average Bonchev–Trinajstić information content (AvgIpc) is 3.19. The van der Waals surface area contributed by atoms with E-state index < -0.39 is 0 Å². The molecule has 110 valence electrons. The van der Waals surface area contributed by atoms with E-state index in [1.54, 1.807) is 6.20 Å². The summed E-state index contributed by atoms with van der Waals surface area (Å²) in [6, 6.07) is 10.3. The molecule has 1 fully saturated rings. The van der Waals surface area contributed by atoms with Crippen molar-refractivity contribution in [3.63, 3.8) is 0 Å². The molecule has 3 rings (SSSR count). The SMILES string of the molecule is C[C@@H](Nc1cnn(Cc2ccccc2)c1)C(=O)NC1CC1. The maximum atomic E-state index is 11.9. The van der Waals surface area contributed by atoms with Crippen LogP contribution >= 0.6 is 0 Å². The van der Waals surface area contributed by atoms with Crippen LogP contribution in [0.5, 0.6) is 0 Å². The molecule has 2 N–H and O–H groups in total. The van der Waals surface area contributed by atoms with Crippen LogP contribution in [-0.2, 0) is 11.3 Å². The van der Waals surface area contributed by atoms with E-state index >= 15 is 0 Å². The second-order valence-electron chi connectivity index (χ2n) is 5.56. The Kier molecular flexibility index (Phi) is 3.90. The molecule has 1 aromatic carbocycles. The van der Waals surface area contributed by atoms with E-state index in [2.05, 4.69) is 27.9 Å². The van der Waals surface area contributed by atoms with E-state index in [1.807, 2.05) is 36.0 Å². The molecule has 21 heavy (non-hydrogen) atoms. The summed E-state index contributed by atoms with van der Waals surface area (Å²) in [5, 5.41) is 10.5. The van der Waals surface area contributed by atoms with Gasteiger partial charge in [-0.15, -0.1) is 0 Å². The molecular weight excluding hydrogens is 264 g/mol. The standard InChI is InChI=1S/C16H20N4O/c1-12(16(21)19-14-7-8-14)18-15-9-17-20(11-15)10-13-5-3-2-4-6-13/h2-6,9,11-12,14,18H,7-8,10H2,1H3,(H,19,21)/t12-/m1/s1. The zero-order valence-corrected chi connectivity index (χ0v) is 12.1. The number of nitrogens with one attached hydrogen (secondary N) is 2. The average molecular weight is 284 g/mol. The van der Waals surface area contributed by atoms with Crippen LogP contribution in [0.15, 0.2) is 42.7 Å². The van der Waals surface area contributed by atoms with Crippen LogP contribution in [0.4, 0.5) is 5.69 Å². The smallest absolute Gasteiger partial charge is 0.242 e. The Balaban J connectivity index is 1.55. The van der Waals surface area contributed by atoms with Crippen LogP contribution in [0.25, 0.3) is 0 Å². The van der Waals surface area contributed by atoms with Gasteiger partial charge in [0.05, 0.1) is 18.4 Å². The van der Waals surface area contributed by atoms with Crippen molar-refractivity contribution in [2.24, 2.45) is 0 Å². The van der Waals surface area contributed by atoms with Crippen LogP contribution in [0, 0.1) is 0 Å². The number of carbonyl (C=O) groups is 1. The summed E-state index contributed by atoms with van der Waals surface area (Å²) in [5.41, 5.74) is 2.07. The predicted octanol–water partition coefficient (Wildman–Crippen LogP) is 2.01. The number of hydrogen-bond acceptors (Lipinski definition) is 3. The Labute approximate surface area is 124 Å². The van der Waals surface area contributed by atoms with Gasteiger partial charge in [-0.3, -0.25) is 9.48 Å². The molecule has 5 heteroatoms. The van der Waals surface area contributed by atoms with Crippen LogP contribution in [-0.4, -0.2) is 27.8 Å². The highest BCUT2D eigenvalue weighted by atomic mass is 16.2. The van der Waals surface area contributed by atoms with E-state index in [4.69, 9.17) is 0 Å². The number of rotatable bonds is 6. The van der Waals surface area contributed by atoms with Gasteiger partial charge in [-0.2, -0.15) is 5.10 Å². The summed E-state index contributed by atoms with van der Waals surface area (Å²) in [6.45, 7) is 2.59. The first kappa shape index (κ1) is 13.7. The Hall–Kier alpha value is -2.30. The molecular formula is C16H20N4O. The third kappa shape index (κ3) is 3.84. The molecule has 0 unspecified atom stereocenters. The summed E-state index contributed by atoms with van der Waals surface area (Å²) in [5.74, 6) is 0.0494. The molecule has 1 aromatic heterocycles. The third-order valence-electron chi connectivity index (χ3n) is 3.52. The summed E-state index contributed by atoms with van der Waals surface area (Å²) < 4.78 is 1.86. The summed E-state index contributed by atoms with van der Waals surface area (Å²) in [7, 11) is 0. The minimum atomic E-state index is -0.250. The minimum Gasteiger partial charge on any atom is -0.371 e. The van der Waals surface area contributed by atoms with Crippen LogP contribution in [0.3, 0.4) is 0 Å². The largest absolute Gasteiger partial charge is 0.371 e. The second kappa shape index (κ2) is 5.99. The predicted molar refractivity (Wildman–Crippen MR) is 82.0 cm³/mol. The van der Waals surface area contributed by atoms with E-state index in [1.165, 1.54) is 5.56 Å². The number of anilines is 1. The first-order valence-electron chi connectivity index (χ1n) is 7.34. The zero-order valence-electron chi connectivity index (χ0n) is 12.1. The van der Waals surface area contributed by atoms with E-state index in [0.717, 1.165) is 25.1 Å². The van der Waals surface area contributed by atoms with Crippen molar-refractivity contribution in [1.82, 2.24) is 15.1 Å². The quantitative estimate of drug-likeness (QED) is 0.853. The number of benzene rings is 1. The summed E-state index contributed by atoms with van der Waals surface area (Å²) in [6.07, 6.45) is 5.89. The van der Waals surface area contributed by atoms with Gasteiger partial charge in [0.1, 0.15) is 6.04 Å². The summed E-state index contributed by atoms with van der Waals surface area (Å²) >= 11 is 0. The first-order chi connectivity index (χ1) is 10.2. The maximum absolute atomic E-state index is 11.9. The van der Waals surface area contributed by atoms with E-state index in [9.17, 15) is 4.79 Å². The van der Waals surface area contributed by atoms with Crippen LogP contribution in [0.1, 0.15) is 25.3 Å². The monoisotopic (exact) mass is 284 g/mol. The fraction of sp³-hybridized carbons (Fsp3) is 0.375. The number of nitrogens with zero attached hydrogens (tertiary/aromatic N) is 2. The Morgan fingerprint density at radius 1 is 1.38 bits per heavy atom. The van der Waals surface area contributed by atoms with E-state index in [0.29, 0.717) is 6.04 Å². The zero-order chi connectivity index (χ0) is 14.7. The Morgan fingerprint density at radius 3 is 2.86 bits per heavy atom. The van der Waals surface area contributed by atoms with Gasteiger partial charge in [-0.1, -0.05) is 30.3 Å². The number of amides is 1. The van der Waals surface area contributed by atoms with Gasteiger partial charge in [0.2, 0.25) is 5.91 Å². The molecule has 0 saturated heterocycles. The van der Waals surface area contributed by atoms with Crippen molar-refractivity contribution < 1.29 is 4.79 Å². The highest BCUT2D eigenvalue weighted by molar-refractivity contribution is 5.84. The fourth-order valence-electron chi connectivity index (χ4n) is 2.16. The van der Waals surface area contributed by atoms with Crippen LogP contribution < -0.4 is 10.6 Å². The Morgan fingerprint density at radius 2 is 2.14 bits per heavy atom. The molecule has 1 aliphatic carbocycles. The maximum Gasteiger partial charge on any atom is 0.242 e. The molecule has 1 heterocycles. The molecule has 1 saturated carbocycles. The topological polar surface area (TPSA) is 59.0 Å². The normalized spacial score (nSPS) is 15.5. The van der Waals surface area contributed by atoms with Crippen molar-refractivity contribution in [3.05, 3.63) is 48.3 Å². The third-order valence-corrected chi connectivity index (χ3v) is 3.52. The van der Waals surface area contributed by atoms with Gasteiger partial charge in [0.15, 0.2) is 0 Å².